The van der Waals surface area contributed by atoms with Gasteiger partial charge >= 0.3 is 5.97 Å². The molecule has 3 rings (SSSR count). The van der Waals surface area contributed by atoms with E-state index in [9.17, 15) is 9.59 Å². The maximum Gasteiger partial charge on any atom is 0.342 e. The molecule has 1 aromatic heterocycles. The van der Waals surface area contributed by atoms with Crippen molar-refractivity contribution in [3.63, 3.8) is 0 Å². The summed E-state index contributed by atoms with van der Waals surface area (Å²) in [6, 6.07) is 17.5. The summed E-state index contributed by atoms with van der Waals surface area (Å²) in [5.41, 5.74) is 1.35. The molecule has 6 heteroatoms. The predicted octanol–water partition coefficient (Wildman–Crippen LogP) is 4.52. The molecule has 0 radical (unpaired) electrons. The predicted molar refractivity (Wildman–Crippen MR) is 104 cm³/mol. The molecule has 1 unspecified atom stereocenters. The van der Waals surface area contributed by atoms with Gasteiger partial charge in [0.05, 0.1) is 18.6 Å². The van der Waals surface area contributed by atoms with E-state index in [0.29, 0.717) is 29.4 Å². The van der Waals surface area contributed by atoms with Crippen molar-refractivity contribution in [2.75, 3.05) is 11.9 Å². The van der Waals surface area contributed by atoms with Crippen LogP contribution in [0.1, 0.15) is 34.7 Å². The zero-order valence-corrected chi connectivity index (χ0v) is 15.7. The van der Waals surface area contributed by atoms with E-state index in [4.69, 9.17) is 13.9 Å². The van der Waals surface area contributed by atoms with Gasteiger partial charge in [0.25, 0.3) is 5.91 Å². The summed E-state index contributed by atoms with van der Waals surface area (Å²) in [6.45, 7) is 3.98. The highest BCUT2D eigenvalue weighted by Gasteiger charge is 2.27. The SMILES string of the molecule is CCOc1ccccc1NC(=O)C(OC(=O)c1ccoc1C)c1ccccc1. The summed E-state index contributed by atoms with van der Waals surface area (Å²) in [6.07, 6.45) is 0.277. The molecule has 0 bridgehead atoms. The largest absolute Gasteiger partial charge is 0.492 e. The Morgan fingerprint density at radius 3 is 2.43 bits per heavy atom. The molecule has 2 aromatic carbocycles. The number of furan rings is 1. The van der Waals surface area contributed by atoms with Crippen LogP contribution >= 0.6 is 0 Å². The molecule has 0 saturated heterocycles. The molecule has 144 valence electrons. The van der Waals surface area contributed by atoms with E-state index in [2.05, 4.69) is 5.32 Å². The Morgan fingerprint density at radius 2 is 1.75 bits per heavy atom. The van der Waals surface area contributed by atoms with Crippen LogP contribution in [0.15, 0.2) is 71.3 Å². The quantitative estimate of drug-likeness (QED) is 0.611. The van der Waals surface area contributed by atoms with E-state index < -0.39 is 18.0 Å². The summed E-state index contributed by atoms with van der Waals surface area (Å²) >= 11 is 0. The normalized spacial score (nSPS) is 11.5. The average Bonchev–Trinajstić information content (AvgIpc) is 3.14. The van der Waals surface area contributed by atoms with E-state index in [1.807, 2.05) is 19.1 Å². The summed E-state index contributed by atoms with van der Waals surface area (Å²) in [7, 11) is 0. The van der Waals surface area contributed by atoms with Crippen molar-refractivity contribution in [2.45, 2.75) is 20.0 Å². The van der Waals surface area contributed by atoms with Gasteiger partial charge in [0.15, 0.2) is 0 Å². The Hall–Kier alpha value is -3.54. The number of aryl methyl sites for hydroxylation is 1. The third-order valence-electron chi connectivity index (χ3n) is 4.09. The molecule has 1 atom stereocenters. The molecule has 28 heavy (non-hydrogen) atoms. The van der Waals surface area contributed by atoms with Gasteiger partial charge < -0.3 is 19.2 Å². The first-order chi connectivity index (χ1) is 13.6. The minimum atomic E-state index is -1.13. The lowest BCUT2D eigenvalue weighted by Gasteiger charge is -2.19. The molecule has 1 N–H and O–H groups in total. The number of hydrogen-bond acceptors (Lipinski definition) is 5. The number of para-hydroxylation sites is 2. The lowest BCUT2D eigenvalue weighted by atomic mass is 10.1. The van der Waals surface area contributed by atoms with Crippen molar-refractivity contribution in [2.24, 2.45) is 0 Å². The standard InChI is InChI=1S/C22H21NO5/c1-3-26-19-12-8-7-11-18(19)23-21(24)20(16-9-5-4-6-10-16)28-22(25)17-13-14-27-15(17)2/h4-14,20H,3H2,1-2H3,(H,23,24). The third-order valence-corrected chi connectivity index (χ3v) is 4.09. The summed E-state index contributed by atoms with van der Waals surface area (Å²) in [4.78, 5) is 25.5. The molecule has 3 aromatic rings. The van der Waals surface area contributed by atoms with Crippen molar-refractivity contribution in [1.29, 1.82) is 0 Å². The van der Waals surface area contributed by atoms with Crippen molar-refractivity contribution in [3.8, 4) is 5.75 Å². The van der Waals surface area contributed by atoms with Crippen LogP contribution in [0.3, 0.4) is 0 Å². The van der Waals surface area contributed by atoms with Crippen LogP contribution in [-0.2, 0) is 9.53 Å². The monoisotopic (exact) mass is 379 g/mol. The summed E-state index contributed by atoms with van der Waals surface area (Å²) in [5.74, 6) is -0.137. The number of ether oxygens (including phenoxy) is 2. The molecule has 1 heterocycles. The van der Waals surface area contributed by atoms with Gasteiger partial charge in [-0.25, -0.2) is 4.79 Å². The summed E-state index contributed by atoms with van der Waals surface area (Å²) < 4.78 is 16.2. The van der Waals surface area contributed by atoms with Crippen LogP contribution in [0.2, 0.25) is 0 Å². The number of esters is 1. The van der Waals surface area contributed by atoms with Crippen LogP contribution < -0.4 is 10.1 Å². The first-order valence-corrected chi connectivity index (χ1v) is 8.93. The number of anilines is 1. The van der Waals surface area contributed by atoms with Crippen molar-refractivity contribution >= 4 is 17.6 Å². The number of carbonyl (C=O) groups excluding carboxylic acids is 2. The van der Waals surface area contributed by atoms with Gasteiger partial charge in [-0.2, -0.15) is 0 Å². The Bertz CT molecular complexity index is 948. The molecule has 0 fully saturated rings. The highest BCUT2D eigenvalue weighted by molar-refractivity contribution is 5.99. The molecule has 0 spiro atoms. The smallest absolute Gasteiger partial charge is 0.342 e. The summed E-state index contributed by atoms with van der Waals surface area (Å²) in [5, 5.41) is 2.79. The number of carbonyl (C=O) groups is 2. The van der Waals surface area contributed by atoms with Crippen LogP contribution in [0.4, 0.5) is 5.69 Å². The van der Waals surface area contributed by atoms with Gasteiger partial charge in [-0.05, 0) is 32.0 Å². The number of nitrogens with one attached hydrogen (secondary N) is 1. The molecule has 6 nitrogen and oxygen atoms in total. The molecule has 0 saturated carbocycles. The Kier molecular flexibility index (Phi) is 6.11. The van der Waals surface area contributed by atoms with Crippen molar-refractivity contribution < 1.29 is 23.5 Å². The van der Waals surface area contributed by atoms with E-state index >= 15 is 0 Å². The Balaban J connectivity index is 1.86. The topological polar surface area (TPSA) is 77.8 Å². The van der Waals surface area contributed by atoms with Gasteiger partial charge in [0.1, 0.15) is 17.1 Å². The first kappa shape index (κ1) is 19.2. The lowest BCUT2D eigenvalue weighted by molar-refractivity contribution is -0.125. The Morgan fingerprint density at radius 1 is 1.04 bits per heavy atom. The second kappa shape index (κ2) is 8.90. The number of rotatable bonds is 7. The van der Waals surface area contributed by atoms with Gasteiger partial charge in [0, 0.05) is 5.56 Å². The maximum absolute atomic E-state index is 13.0. The van der Waals surface area contributed by atoms with Gasteiger partial charge in [-0.15, -0.1) is 0 Å². The Labute approximate surface area is 163 Å². The number of hydrogen-bond donors (Lipinski definition) is 1. The van der Waals surface area contributed by atoms with E-state index in [0.717, 1.165) is 0 Å². The highest BCUT2D eigenvalue weighted by Crippen LogP contribution is 2.27. The minimum Gasteiger partial charge on any atom is -0.492 e. The zero-order chi connectivity index (χ0) is 19.9. The molecule has 0 aliphatic rings. The van der Waals surface area contributed by atoms with Crippen LogP contribution in [-0.4, -0.2) is 18.5 Å². The van der Waals surface area contributed by atoms with E-state index in [-0.39, 0.29) is 5.56 Å². The van der Waals surface area contributed by atoms with Gasteiger partial charge in [0.2, 0.25) is 6.10 Å². The molecule has 0 aliphatic carbocycles. The molecular formula is C22H21NO5. The molecular weight excluding hydrogens is 358 g/mol. The lowest BCUT2D eigenvalue weighted by Crippen LogP contribution is -2.26. The minimum absolute atomic E-state index is 0.281. The van der Waals surface area contributed by atoms with Crippen molar-refractivity contribution in [1.82, 2.24) is 0 Å². The van der Waals surface area contributed by atoms with E-state index in [1.165, 1.54) is 12.3 Å². The fourth-order valence-electron chi connectivity index (χ4n) is 2.72. The average molecular weight is 379 g/mol. The van der Waals surface area contributed by atoms with Crippen LogP contribution in [0, 0.1) is 6.92 Å². The third kappa shape index (κ3) is 4.40. The maximum atomic E-state index is 13.0. The van der Waals surface area contributed by atoms with Gasteiger partial charge in [-0.3, -0.25) is 4.79 Å². The molecule has 1 amide bonds. The highest BCUT2D eigenvalue weighted by atomic mass is 16.5. The van der Waals surface area contributed by atoms with E-state index in [1.54, 1.807) is 49.4 Å². The molecule has 0 aliphatic heterocycles. The fraction of sp³-hybridized carbons (Fsp3) is 0.182. The van der Waals surface area contributed by atoms with Crippen LogP contribution in [0.25, 0.3) is 0 Å². The second-order valence-electron chi connectivity index (χ2n) is 6.00. The number of amides is 1. The van der Waals surface area contributed by atoms with Crippen molar-refractivity contribution in [3.05, 3.63) is 83.8 Å². The zero-order valence-electron chi connectivity index (χ0n) is 15.7. The fourth-order valence-corrected chi connectivity index (χ4v) is 2.72. The first-order valence-electron chi connectivity index (χ1n) is 8.93. The second-order valence-corrected chi connectivity index (χ2v) is 6.00. The van der Waals surface area contributed by atoms with Crippen LogP contribution in [0.5, 0.6) is 5.75 Å². The van der Waals surface area contributed by atoms with Gasteiger partial charge in [-0.1, -0.05) is 42.5 Å². The number of benzene rings is 2.